The van der Waals surface area contributed by atoms with Crippen molar-refractivity contribution in [1.29, 1.82) is 0 Å². The van der Waals surface area contributed by atoms with Crippen molar-refractivity contribution in [2.24, 2.45) is 0 Å². The maximum Gasteiger partial charge on any atom is 0.0414 e. The molecule has 98 valence electrons. The zero-order valence-electron chi connectivity index (χ0n) is 11.5. The van der Waals surface area contributed by atoms with Crippen molar-refractivity contribution in [3.63, 3.8) is 0 Å². The molecular formula is C19H17N. The lowest BCUT2D eigenvalue weighted by Crippen LogP contribution is -1.93. The molecule has 0 unspecified atom stereocenters. The summed E-state index contributed by atoms with van der Waals surface area (Å²) in [7, 11) is 0. The van der Waals surface area contributed by atoms with Gasteiger partial charge in [-0.1, -0.05) is 54.6 Å². The van der Waals surface area contributed by atoms with Gasteiger partial charge in [-0.15, -0.1) is 0 Å². The summed E-state index contributed by atoms with van der Waals surface area (Å²) in [5, 5.41) is 3.45. The van der Waals surface area contributed by atoms with Crippen molar-refractivity contribution in [3.8, 4) is 11.1 Å². The summed E-state index contributed by atoms with van der Waals surface area (Å²) in [5.41, 5.74) is 6.01. The fourth-order valence-electron chi connectivity index (χ4n) is 2.29. The first-order valence-corrected chi connectivity index (χ1v) is 6.81. The molecule has 3 rings (SSSR count). The number of para-hydroxylation sites is 1. The molecule has 20 heavy (non-hydrogen) atoms. The molecule has 0 aliphatic rings. The molecule has 1 heteroatoms. The number of rotatable bonds is 3. The highest BCUT2D eigenvalue weighted by Crippen LogP contribution is 2.26. The van der Waals surface area contributed by atoms with Gasteiger partial charge in [-0.25, -0.2) is 0 Å². The Morgan fingerprint density at radius 1 is 0.650 bits per heavy atom. The van der Waals surface area contributed by atoms with E-state index in [4.69, 9.17) is 0 Å². The van der Waals surface area contributed by atoms with Gasteiger partial charge in [-0.3, -0.25) is 0 Å². The normalized spacial score (nSPS) is 10.2. The van der Waals surface area contributed by atoms with Crippen LogP contribution in [-0.4, -0.2) is 0 Å². The molecule has 0 spiro atoms. The Bertz CT molecular complexity index is 687. The number of anilines is 2. The topological polar surface area (TPSA) is 12.0 Å². The molecule has 0 amide bonds. The van der Waals surface area contributed by atoms with Crippen LogP contribution in [0.4, 0.5) is 11.4 Å². The van der Waals surface area contributed by atoms with Crippen LogP contribution in [0, 0.1) is 6.92 Å². The van der Waals surface area contributed by atoms with Crippen molar-refractivity contribution in [1.82, 2.24) is 0 Å². The van der Waals surface area contributed by atoms with Gasteiger partial charge >= 0.3 is 0 Å². The molecule has 3 aromatic carbocycles. The molecule has 0 radical (unpaired) electrons. The second kappa shape index (κ2) is 5.62. The van der Waals surface area contributed by atoms with Crippen molar-refractivity contribution in [2.75, 3.05) is 5.32 Å². The summed E-state index contributed by atoms with van der Waals surface area (Å²) in [5.74, 6) is 0. The molecule has 3 aromatic rings. The average molecular weight is 259 g/mol. The van der Waals surface area contributed by atoms with Crippen molar-refractivity contribution < 1.29 is 0 Å². The minimum atomic E-state index is 1.11. The van der Waals surface area contributed by atoms with Crippen LogP contribution in [0.2, 0.25) is 0 Å². The summed E-state index contributed by atoms with van der Waals surface area (Å²) in [6.07, 6.45) is 0. The van der Waals surface area contributed by atoms with Crippen LogP contribution < -0.4 is 5.32 Å². The van der Waals surface area contributed by atoms with Gasteiger partial charge in [0.1, 0.15) is 0 Å². The van der Waals surface area contributed by atoms with Crippen LogP contribution in [0.5, 0.6) is 0 Å². The van der Waals surface area contributed by atoms with E-state index in [2.05, 4.69) is 66.8 Å². The summed E-state index contributed by atoms with van der Waals surface area (Å²) in [4.78, 5) is 0. The third-order valence-corrected chi connectivity index (χ3v) is 3.39. The predicted octanol–water partition coefficient (Wildman–Crippen LogP) is 5.41. The third kappa shape index (κ3) is 2.72. The molecule has 0 saturated heterocycles. The minimum Gasteiger partial charge on any atom is -0.355 e. The SMILES string of the molecule is Cc1cc(-c2ccccc2)ccc1Nc1ccccc1. The third-order valence-electron chi connectivity index (χ3n) is 3.39. The van der Waals surface area contributed by atoms with Gasteiger partial charge < -0.3 is 5.32 Å². The lowest BCUT2D eigenvalue weighted by atomic mass is 10.0. The predicted molar refractivity (Wildman–Crippen MR) is 86.3 cm³/mol. The van der Waals surface area contributed by atoms with Crippen molar-refractivity contribution >= 4 is 11.4 Å². The maximum absolute atomic E-state index is 3.45. The van der Waals surface area contributed by atoms with E-state index in [1.165, 1.54) is 16.7 Å². The summed E-state index contributed by atoms with van der Waals surface area (Å²) < 4.78 is 0. The minimum absolute atomic E-state index is 1.11. The second-order valence-corrected chi connectivity index (χ2v) is 4.89. The highest BCUT2D eigenvalue weighted by Gasteiger charge is 2.02. The Labute approximate surface area is 119 Å². The molecule has 0 heterocycles. The van der Waals surface area contributed by atoms with Crippen LogP contribution in [-0.2, 0) is 0 Å². The first-order chi connectivity index (χ1) is 9.83. The van der Waals surface area contributed by atoms with Gasteiger partial charge in [0.05, 0.1) is 0 Å². The van der Waals surface area contributed by atoms with E-state index in [0.29, 0.717) is 0 Å². The molecule has 0 aliphatic carbocycles. The number of aryl methyl sites for hydroxylation is 1. The number of benzene rings is 3. The van der Waals surface area contributed by atoms with Crippen LogP contribution in [0.25, 0.3) is 11.1 Å². The first kappa shape index (κ1) is 12.5. The molecule has 1 nitrogen and oxygen atoms in total. The maximum atomic E-state index is 3.45. The van der Waals surface area contributed by atoms with Gasteiger partial charge in [-0.2, -0.15) is 0 Å². The Morgan fingerprint density at radius 2 is 1.30 bits per heavy atom. The van der Waals surface area contributed by atoms with Crippen LogP contribution in [0.15, 0.2) is 78.9 Å². The van der Waals surface area contributed by atoms with Crippen molar-refractivity contribution in [2.45, 2.75) is 6.92 Å². The number of hydrogen-bond donors (Lipinski definition) is 1. The summed E-state index contributed by atoms with van der Waals surface area (Å²) >= 11 is 0. The molecular weight excluding hydrogens is 242 g/mol. The van der Waals surface area contributed by atoms with E-state index in [1.54, 1.807) is 0 Å². The highest BCUT2D eigenvalue weighted by molar-refractivity contribution is 5.71. The monoisotopic (exact) mass is 259 g/mol. The van der Waals surface area contributed by atoms with Crippen LogP contribution in [0.1, 0.15) is 5.56 Å². The molecule has 0 aliphatic heterocycles. The lowest BCUT2D eigenvalue weighted by Gasteiger charge is -2.11. The van der Waals surface area contributed by atoms with Gasteiger partial charge in [0.25, 0.3) is 0 Å². The van der Waals surface area contributed by atoms with E-state index in [-0.39, 0.29) is 0 Å². The van der Waals surface area contributed by atoms with E-state index >= 15 is 0 Å². The second-order valence-electron chi connectivity index (χ2n) is 4.89. The number of nitrogens with one attached hydrogen (secondary N) is 1. The molecule has 0 atom stereocenters. The zero-order valence-corrected chi connectivity index (χ0v) is 11.5. The Balaban J connectivity index is 1.89. The largest absolute Gasteiger partial charge is 0.355 e. The fraction of sp³-hybridized carbons (Fsp3) is 0.0526. The summed E-state index contributed by atoms with van der Waals surface area (Å²) in [6.45, 7) is 2.14. The van der Waals surface area contributed by atoms with Crippen LogP contribution in [0.3, 0.4) is 0 Å². The van der Waals surface area contributed by atoms with E-state index in [0.717, 1.165) is 11.4 Å². The Kier molecular flexibility index (Phi) is 3.51. The quantitative estimate of drug-likeness (QED) is 0.663. The van der Waals surface area contributed by atoms with E-state index < -0.39 is 0 Å². The van der Waals surface area contributed by atoms with E-state index in [1.807, 2.05) is 24.3 Å². The lowest BCUT2D eigenvalue weighted by molar-refractivity contribution is 1.43. The molecule has 0 saturated carbocycles. The molecule has 0 aromatic heterocycles. The van der Waals surface area contributed by atoms with E-state index in [9.17, 15) is 0 Å². The Morgan fingerprint density at radius 3 is 1.95 bits per heavy atom. The standard InChI is InChI=1S/C19H17N/c1-15-14-17(16-8-4-2-5-9-16)12-13-19(15)20-18-10-6-3-7-11-18/h2-14,20H,1H3. The molecule has 1 N–H and O–H groups in total. The number of hydrogen-bond acceptors (Lipinski definition) is 1. The van der Waals surface area contributed by atoms with Crippen LogP contribution >= 0.6 is 0 Å². The average Bonchev–Trinajstić information content (AvgIpc) is 2.51. The molecule has 0 fully saturated rings. The highest BCUT2D eigenvalue weighted by atomic mass is 14.9. The Hall–Kier alpha value is -2.54. The summed E-state index contributed by atoms with van der Waals surface area (Å²) in [6, 6.07) is 27.2. The zero-order chi connectivity index (χ0) is 13.8. The van der Waals surface area contributed by atoms with Gasteiger partial charge in [0.2, 0.25) is 0 Å². The smallest absolute Gasteiger partial charge is 0.0414 e. The van der Waals surface area contributed by atoms with Gasteiger partial charge in [-0.05, 0) is 47.9 Å². The van der Waals surface area contributed by atoms with Crippen molar-refractivity contribution in [3.05, 3.63) is 84.4 Å². The molecule has 0 bridgehead atoms. The van der Waals surface area contributed by atoms with Gasteiger partial charge in [0, 0.05) is 11.4 Å². The first-order valence-electron chi connectivity index (χ1n) is 6.81. The fourth-order valence-corrected chi connectivity index (χ4v) is 2.29. The van der Waals surface area contributed by atoms with Gasteiger partial charge in [0.15, 0.2) is 0 Å².